The smallest absolute Gasteiger partial charge is 0.356 e. The first kappa shape index (κ1) is 32.2. The molecule has 0 radical (unpaired) electrons. The first-order chi connectivity index (χ1) is 21.7. The van der Waals surface area contributed by atoms with Crippen LogP contribution in [0.5, 0.6) is 0 Å². The molecule has 0 saturated heterocycles. The van der Waals surface area contributed by atoms with Crippen molar-refractivity contribution in [3.05, 3.63) is 75.7 Å². The van der Waals surface area contributed by atoms with Gasteiger partial charge in [-0.15, -0.1) is 0 Å². The number of benzene rings is 1. The molecule has 0 bridgehead atoms. The number of alkyl halides is 6. The lowest BCUT2D eigenvalue weighted by molar-refractivity contribution is -0.143. The van der Waals surface area contributed by atoms with E-state index in [1.165, 1.54) is 12.4 Å². The summed E-state index contributed by atoms with van der Waals surface area (Å²) in [7, 11) is 0. The molecule has 0 N–H and O–H groups in total. The average molecular weight is 646 g/mol. The van der Waals surface area contributed by atoms with E-state index in [4.69, 9.17) is 4.98 Å². The topological polar surface area (TPSA) is 62.2 Å². The summed E-state index contributed by atoms with van der Waals surface area (Å²) in [6, 6.07) is 3.75. The van der Waals surface area contributed by atoms with Crippen LogP contribution in [-0.2, 0) is 48.5 Å². The molecule has 6 rings (SSSR count). The lowest BCUT2D eigenvalue weighted by Crippen LogP contribution is -2.33. The van der Waals surface area contributed by atoms with Crippen molar-refractivity contribution < 1.29 is 31.1 Å². The lowest BCUT2D eigenvalue weighted by atomic mass is 9.90. The van der Waals surface area contributed by atoms with Crippen molar-refractivity contribution in [2.45, 2.75) is 89.7 Å². The van der Waals surface area contributed by atoms with E-state index in [1.54, 1.807) is 4.90 Å². The Labute approximate surface area is 264 Å². The molecule has 0 spiro atoms. The lowest BCUT2D eigenvalue weighted by Gasteiger charge is -2.31. The van der Waals surface area contributed by atoms with Gasteiger partial charge in [-0.25, -0.2) is 15.0 Å². The molecular formula is C34H37F6N5O. The van der Waals surface area contributed by atoms with Crippen LogP contribution in [0.4, 0.5) is 38.1 Å². The quantitative estimate of drug-likeness (QED) is 0.149. The van der Waals surface area contributed by atoms with Gasteiger partial charge in [-0.1, -0.05) is 13.8 Å². The Hall–Kier alpha value is -3.70. The summed E-state index contributed by atoms with van der Waals surface area (Å²) in [5, 5.41) is 0. The summed E-state index contributed by atoms with van der Waals surface area (Å²) in [5.74, 6) is 2.09. The predicted octanol–water partition coefficient (Wildman–Crippen LogP) is 7.71. The molecule has 3 aromatic rings. The normalized spacial score (nSPS) is 17.6. The van der Waals surface area contributed by atoms with E-state index in [0.717, 1.165) is 86.4 Å². The molecule has 3 aliphatic rings. The Morgan fingerprint density at radius 2 is 1.41 bits per heavy atom. The third kappa shape index (κ3) is 7.47. The molecular weight excluding hydrogens is 608 g/mol. The van der Waals surface area contributed by atoms with Crippen molar-refractivity contribution in [3.8, 4) is 0 Å². The zero-order valence-corrected chi connectivity index (χ0v) is 25.9. The second kappa shape index (κ2) is 12.2. The minimum absolute atomic E-state index is 0.0782. The van der Waals surface area contributed by atoms with Gasteiger partial charge in [-0.05, 0) is 91.3 Å². The third-order valence-electron chi connectivity index (χ3n) is 9.14. The van der Waals surface area contributed by atoms with Gasteiger partial charge in [0.25, 0.3) is 0 Å². The molecule has 2 saturated carbocycles. The zero-order valence-electron chi connectivity index (χ0n) is 25.9. The molecule has 1 aromatic carbocycles. The van der Waals surface area contributed by atoms with Gasteiger partial charge < -0.3 is 14.6 Å². The van der Waals surface area contributed by atoms with E-state index in [9.17, 15) is 31.1 Å². The zero-order chi connectivity index (χ0) is 32.9. The van der Waals surface area contributed by atoms with Crippen molar-refractivity contribution in [1.29, 1.82) is 0 Å². The van der Waals surface area contributed by atoms with Gasteiger partial charge in [0.1, 0.15) is 12.1 Å². The van der Waals surface area contributed by atoms with Gasteiger partial charge in [0.05, 0.1) is 16.8 Å². The van der Waals surface area contributed by atoms with Gasteiger partial charge in [0, 0.05) is 56.0 Å². The number of hydrogen-bond donors (Lipinski definition) is 0. The van der Waals surface area contributed by atoms with Crippen LogP contribution in [-0.4, -0.2) is 34.3 Å². The van der Waals surface area contributed by atoms with Crippen molar-refractivity contribution in [1.82, 2.24) is 15.0 Å². The molecule has 0 atom stereocenters. The molecule has 246 valence electrons. The van der Waals surface area contributed by atoms with E-state index in [0.29, 0.717) is 23.7 Å². The van der Waals surface area contributed by atoms with Crippen molar-refractivity contribution in [2.24, 2.45) is 11.8 Å². The van der Waals surface area contributed by atoms with E-state index in [2.05, 4.69) is 34.8 Å². The molecule has 0 aliphatic heterocycles. The van der Waals surface area contributed by atoms with E-state index in [-0.39, 0.29) is 42.5 Å². The number of nitrogens with zero attached hydrogens (tertiary/aromatic N) is 5. The van der Waals surface area contributed by atoms with Gasteiger partial charge in [-0.3, -0.25) is 0 Å². The number of fused-ring (bicyclic) bond motifs is 1. The van der Waals surface area contributed by atoms with Gasteiger partial charge in [0.15, 0.2) is 0 Å². The highest BCUT2D eigenvalue weighted by Crippen LogP contribution is 2.42. The summed E-state index contributed by atoms with van der Waals surface area (Å²) < 4.78 is 82.6. The molecule has 0 amide bonds. The van der Waals surface area contributed by atoms with Crippen LogP contribution in [0.15, 0.2) is 36.7 Å². The fourth-order valence-electron chi connectivity index (χ4n) is 6.24. The highest BCUT2D eigenvalue weighted by molar-refractivity contribution is 5.56. The molecule has 2 heterocycles. The monoisotopic (exact) mass is 645 g/mol. The predicted molar refractivity (Wildman–Crippen MR) is 161 cm³/mol. The molecule has 6 nitrogen and oxygen atoms in total. The second-order valence-electron chi connectivity index (χ2n) is 13.7. The Balaban J connectivity index is 1.43. The molecule has 3 aliphatic carbocycles. The maximum absolute atomic E-state index is 13.8. The number of carbonyl (C=O) groups is 1. The Kier molecular flexibility index (Phi) is 8.52. The third-order valence-corrected chi connectivity index (χ3v) is 9.14. The van der Waals surface area contributed by atoms with E-state index in [1.807, 2.05) is 0 Å². The van der Waals surface area contributed by atoms with E-state index >= 15 is 0 Å². The maximum atomic E-state index is 13.8. The van der Waals surface area contributed by atoms with Gasteiger partial charge >= 0.3 is 12.4 Å². The average Bonchev–Trinajstić information content (AvgIpc) is 3.92. The van der Waals surface area contributed by atoms with Crippen molar-refractivity contribution >= 4 is 18.1 Å². The molecule has 2 aromatic heterocycles. The highest BCUT2D eigenvalue weighted by atomic mass is 19.4. The summed E-state index contributed by atoms with van der Waals surface area (Å²) in [6.45, 7) is 5.87. The van der Waals surface area contributed by atoms with Crippen LogP contribution in [0.2, 0.25) is 0 Å². The minimum atomic E-state index is -4.97. The van der Waals surface area contributed by atoms with Crippen LogP contribution < -0.4 is 9.80 Å². The summed E-state index contributed by atoms with van der Waals surface area (Å²) >= 11 is 0. The number of carbonyl (C=O) groups excluding carboxylic acids is 1. The molecule has 46 heavy (non-hydrogen) atoms. The van der Waals surface area contributed by atoms with Crippen LogP contribution in [0, 0.1) is 11.8 Å². The number of aryl methyl sites for hydroxylation is 1. The Bertz CT molecular complexity index is 1530. The summed E-state index contributed by atoms with van der Waals surface area (Å²) in [5.41, 5.74) is 0.478. The maximum Gasteiger partial charge on any atom is 0.416 e. The van der Waals surface area contributed by atoms with Gasteiger partial charge in [0.2, 0.25) is 5.95 Å². The Morgan fingerprint density at radius 3 is 1.93 bits per heavy atom. The number of aldehydes is 1. The van der Waals surface area contributed by atoms with Crippen LogP contribution in [0.25, 0.3) is 0 Å². The van der Waals surface area contributed by atoms with Crippen molar-refractivity contribution in [3.63, 3.8) is 0 Å². The number of pyridine rings is 1. The first-order valence-electron chi connectivity index (χ1n) is 15.8. The molecule has 0 unspecified atom stereocenters. The van der Waals surface area contributed by atoms with Crippen LogP contribution >= 0.6 is 0 Å². The summed E-state index contributed by atoms with van der Waals surface area (Å²) in [4.78, 5) is 29.1. The van der Waals surface area contributed by atoms with Crippen LogP contribution in [0.1, 0.15) is 85.0 Å². The number of anilines is 2. The standard InChI is InChI=1S/C34H37F6N5O/c1-32(2)9-7-25-13-26(30(43-29(25)32)44(17-21-3-4-21)18-22-5-6-22)20-45(31-41-15-23(8-10-46)16-42-31)19-24-11-27(33(35,36)37)14-28(12-24)34(38,39)40/h10-16,21-22H,3-9,17-20H2,1-2H3. The minimum Gasteiger partial charge on any atom is -0.356 e. The van der Waals surface area contributed by atoms with Crippen molar-refractivity contribution in [2.75, 3.05) is 22.9 Å². The summed E-state index contributed by atoms with van der Waals surface area (Å²) in [6.07, 6.45) is 0.106. The molecule has 12 heteroatoms. The fourth-order valence-corrected chi connectivity index (χ4v) is 6.24. The Morgan fingerprint density at radius 1 is 0.826 bits per heavy atom. The largest absolute Gasteiger partial charge is 0.416 e. The number of halogens is 6. The number of aromatic nitrogens is 3. The number of hydrogen-bond acceptors (Lipinski definition) is 6. The molecule has 2 fully saturated rings. The number of rotatable bonds is 12. The fraction of sp³-hybridized carbons (Fsp3) is 0.529. The highest BCUT2D eigenvalue weighted by Gasteiger charge is 2.38. The first-order valence-corrected chi connectivity index (χ1v) is 15.8. The van der Waals surface area contributed by atoms with Gasteiger partial charge in [-0.2, -0.15) is 26.3 Å². The van der Waals surface area contributed by atoms with E-state index < -0.39 is 23.5 Å². The SMILES string of the molecule is CC1(C)CCc2cc(CN(Cc3cc(C(F)(F)F)cc(C(F)(F)F)c3)c3ncc(CC=O)cn3)c(N(CC3CC3)CC3CC3)nc21. The van der Waals surface area contributed by atoms with Crippen LogP contribution in [0.3, 0.4) is 0 Å². The second-order valence-corrected chi connectivity index (χ2v) is 13.7.